The van der Waals surface area contributed by atoms with Gasteiger partial charge in [0.25, 0.3) is 0 Å². The van der Waals surface area contributed by atoms with Crippen LogP contribution in [0.5, 0.6) is 0 Å². The molecule has 0 aliphatic heterocycles. The second kappa shape index (κ2) is 17.2. The smallest absolute Gasteiger partial charge is 0.000718 e. The van der Waals surface area contributed by atoms with E-state index in [-0.39, 0.29) is 0 Å². The molecule has 72 heavy (non-hydrogen) atoms. The van der Waals surface area contributed by atoms with Crippen LogP contribution >= 0.6 is 0 Å². The summed E-state index contributed by atoms with van der Waals surface area (Å²) in [6.45, 7) is 0. The zero-order valence-corrected chi connectivity index (χ0v) is 39.6. The standard InChI is InChI=1S/C72H46/c1-9-27-47(28-10-1)59-60(48-29-11-2-12-30-48)64(52-37-19-6-20-38-52)70-56-44-26-46-58-68(56)67-55(69(70)63(59)51-35-17-5-18-36-51)43-25-45-57(67)71-65(53-39-21-7-22-40-53)61(49-31-13-3-14-32-49)62(50-33-15-4-16-34-50)66(72(58)71)54-41-23-8-24-42-54/h1-46H. The van der Waals surface area contributed by atoms with Crippen molar-refractivity contribution in [1.29, 1.82) is 0 Å². The second-order valence-electron chi connectivity index (χ2n) is 18.9. The molecule has 0 nitrogen and oxygen atoms in total. The fourth-order valence-corrected chi connectivity index (χ4v) is 12.2. The number of hydrogen-bond donors (Lipinski definition) is 0. The normalized spacial score (nSPS) is 11.6. The molecule has 0 aliphatic rings. The molecule has 0 heterocycles. The molecule has 0 bridgehead atoms. The van der Waals surface area contributed by atoms with Gasteiger partial charge in [0.05, 0.1) is 0 Å². The Bertz CT molecular complexity index is 3730. The quantitative estimate of drug-likeness (QED) is 0.105. The third-order valence-electron chi connectivity index (χ3n) is 15.0. The van der Waals surface area contributed by atoms with Crippen LogP contribution in [0.15, 0.2) is 279 Å². The van der Waals surface area contributed by atoms with Crippen LogP contribution in [0.25, 0.3) is 143 Å². The van der Waals surface area contributed by atoms with E-state index in [0.717, 1.165) is 0 Å². The van der Waals surface area contributed by atoms with E-state index in [0.29, 0.717) is 0 Å². The lowest BCUT2D eigenvalue weighted by Crippen LogP contribution is -2.01. The zero-order chi connectivity index (χ0) is 47.5. The highest BCUT2D eigenvalue weighted by Crippen LogP contribution is 2.59. The van der Waals surface area contributed by atoms with E-state index >= 15 is 0 Å². The van der Waals surface area contributed by atoms with E-state index in [2.05, 4.69) is 279 Å². The summed E-state index contributed by atoms with van der Waals surface area (Å²) in [5.41, 5.74) is 19.4. The summed E-state index contributed by atoms with van der Waals surface area (Å²) in [6, 6.07) is 103. The van der Waals surface area contributed by atoms with Gasteiger partial charge >= 0.3 is 0 Å². The Hall–Kier alpha value is -9.36. The molecular formula is C72H46. The molecule has 0 N–H and O–H groups in total. The fourth-order valence-electron chi connectivity index (χ4n) is 12.2. The Morgan fingerprint density at radius 1 is 0.111 bits per heavy atom. The van der Waals surface area contributed by atoms with E-state index in [1.54, 1.807) is 0 Å². The van der Waals surface area contributed by atoms with E-state index in [4.69, 9.17) is 0 Å². The van der Waals surface area contributed by atoms with Gasteiger partial charge in [0.1, 0.15) is 0 Å². The van der Waals surface area contributed by atoms with Crippen LogP contribution in [0.3, 0.4) is 0 Å². The fraction of sp³-hybridized carbons (Fsp3) is 0. The number of benzene rings is 14. The average molecular weight is 911 g/mol. The molecule has 0 aliphatic carbocycles. The summed E-state index contributed by atoms with van der Waals surface area (Å²) in [5.74, 6) is 0. The average Bonchev–Trinajstić information content (AvgIpc) is 3.47. The summed E-state index contributed by atoms with van der Waals surface area (Å²) in [4.78, 5) is 0. The molecule has 0 aromatic heterocycles. The Morgan fingerprint density at radius 3 is 0.431 bits per heavy atom. The third kappa shape index (κ3) is 6.47. The molecule has 0 spiro atoms. The SMILES string of the molecule is c1ccc(-c2c(-c3ccccc3)c(-c3ccccc3)c3c4cccc5c6c(-c7ccccc7)c(-c7ccccc7)c(-c7ccccc7)c(-c7ccccc7)c6c6cccc(c3c2-c2ccccc2)c6c45)cc1. The molecule has 0 unspecified atom stereocenters. The Kier molecular flexibility index (Phi) is 9.96. The van der Waals surface area contributed by atoms with E-state index in [1.165, 1.54) is 143 Å². The van der Waals surface area contributed by atoms with Crippen molar-refractivity contribution < 1.29 is 0 Å². The summed E-state index contributed by atoms with van der Waals surface area (Å²) >= 11 is 0. The van der Waals surface area contributed by atoms with E-state index in [9.17, 15) is 0 Å². The van der Waals surface area contributed by atoms with Gasteiger partial charge in [-0.2, -0.15) is 0 Å². The van der Waals surface area contributed by atoms with Crippen molar-refractivity contribution in [3.05, 3.63) is 279 Å². The van der Waals surface area contributed by atoms with Crippen LogP contribution in [0.1, 0.15) is 0 Å². The number of hydrogen-bond acceptors (Lipinski definition) is 0. The van der Waals surface area contributed by atoms with Crippen LogP contribution in [-0.4, -0.2) is 0 Å². The Balaban J connectivity index is 1.34. The summed E-state index contributed by atoms with van der Waals surface area (Å²) in [7, 11) is 0. The van der Waals surface area contributed by atoms with Crippen LogP contribution in [0.2, 0.25) is 0 Å². The predicted octanol–water partition coefficient (Wildman–Crippen LogP) is 20.2. The van der Waals surface area contributed by atoms with Crippen LogP contribution in [0.4, 0.5) is 0 Å². The van der Waals surface area contributed by atoms with Crippen LogP contribution in [-0.2, 0) is 0 Å². The summed E-state index contributed by atoms with van der Waals surface area (Å²) in [6.07, 6.45) is 0. The van der Waals surface area contributed by atoms with Crippen molar-refractivity contribution in [3.63, 3.8) is 0 Å². The van der Waals surface area contributed by atoms with Gasteiger partial charge in [-0.05, 0) is 143 Å². The van der Waals surface area contributed by atoms with Crippen molar-refractivity contribution in [1.82, 2.24) is 0 Å². The highest BCUT2D eigenvalue weighted by molar-refractivity contribution is 6.46. The molecule has 0 radical (unpaired) electrons. The van der Waals surface area contributed by atoms with Crippen molar-refractivity contribution in [2.75, 3.05) is 0 Å². The molecular weight excluding hydrogens is 865 g/mol. The predicted molar refractivity (Wildman–Crippen MR) is 309 cm³/mol. The van der Waals surface area contributed by atoms with Gasteiger partial charge in [0.2, 0.25) is 0 Å². The molecule has 14 aromatic rings. The first kappa shape index (κ1) is 41.6. The molecule has 0 amide bonds. The molecule has 14 rings (SSSR count). The first-order valence-electron chi connectivity index (χ1n) is 25.0. The van der Waals surface area contributed by atoms with Crippen molar-refractivity contribution in [3.8, 4) is 89.0 Å². The minimum Gasteiger partial charge on any atom is -0.0622 e. The monoisotopic (exact) mass is 910 g/mol. The Morgan fingerprint density at radius 2 is 0.264 bits per heavy atom. The minimum absolute atomic E-state index is 1.18. The van der Waals surface area contributed by atoms with Crippen LogP contribution < -0.4 is 0 Å². The van der Waals surface area contributed by atoms with Gasteiger partial charge in [0.15, 0.2) is 0 Å². The maximum absolute atomic E-state index is 2.41. The minimum atomic E-state index is 1.18. The molecule has 0 fully saturated rings. The van der Waals surface area contributed by atoms with Gasteiger partial charge < -0.3 is 0 Å². The van der Waals surface area contributed by atoms with Gasteiger partial charge in [-0.1, -0.05) is 279 Å². The molecule has 0 saturated heterocycles. The molecule has 0 heteroatoms. The summed E-state index contributed by atoms with van der Waals surface area (Å²) < 4.78 is 0. The highest BCUT2D eigenvalue weighted by atomic mass is 14.3. The second-order valence-corrected chi connectivity index (χ2v) is 18.9. The number of fused-ring (bicyclic) bond motifs is 6. The topological polar surface area (TPSA) is 0 Å². The van der Waals surface area contributed by atoms with Crippen molar-refractivity contribution in [2.24, 2.45) is 0 Å². The van der Waals surface area contributed by atoms with Gasteiger partial charge in [-0.25, -0.2) is 0 Å². The molecule has 334 valence electrons. The highest BCUT2D eigenvalue weighted by Gasteiger charge is 2.31. The number of rotatable bonds is 8. The maximum atomic E-state index is 2.41. The lowest BCUT2D eigenvalue weighted by molar-refractivity contribution is 1.57. The lowest BCUT2D eigenvalue weighted by atomic mass is 9.73. The van der Waals surface area contributed by atoms with Crippen molar-refractivity contribution >= 4 is 53.9 Å². The largest absolute Gasteiger partial charge is 0.0622 e. The van der Waals surface area contributed by atoms with E-state index < -0.39 is 0 Å². The third-order valence-corrected chi connectivity index (χ3v) is 15.0. The van der Waals surface area contributed by atoms with Gasteiger partial charge in [-0.15, -0.1) is 0 Å². The first-order chi connectivity index (χ1) is 35.8. The summed E-state index contributed by atoms with van der Waals surface area (Å²) in [5, 5.41) is 12.6. The Labute approximate surface area is 419 Å². The van der Waals surface area contributed by atoms with Crippen LogP contribution in [0, 0.1) is 0 Å². The van der Waals surface area contributed by atoms with E-state index in [1.807, 2.05) is 0 Å². The zero-order valence-electron chi connectivity index (χ0n) is 39.6. The van der Waals surface area contributed by atoms with Gasteiger partial charge in [0, 0.05) is 0 Å². The van der Waals surface area contributed by atoms with Gasteiger partial charge in [-0.3, -0.25) is 0 Å². The lowest BCUT2D eigenvalue weighted by Gasteiger charge is -2.29. The first-order valence-corrected chi connectivity index (χ1v) is 25.0. The maximum Gasteiger partial charge on any atom is -0.000718 e. The molecule has 14 aromatic carbocycles. The molecule has 0 atom stereocenters. The molecule has 0 saturated carbocycles. The van der Waals surface area contributed by atoms with Crippen molar-refractivity contribution in [2.45, 2.75) is 0 Å².